The number of nitrogens with one attached hydrogen (secondary N) is 1. The molecule has 2 rings (SSSR count). The van der Waals surface area contributed by atoms with Gasteiger partial charge in [-0.15, -0.1) is 11.3 Å². The standard InChI is InChI=1S/C10H14ClNOS/c11-10-2-1-9(14-10)7-3-4-12-8(5-7)6-13/h1-2,7-8,12-13H,3-6H2. The van der Waals surface area contributed by atoms with Gasteiger partial charge >= 0.3 is 0 Å². The molecule has 2 heterocycles. The fourth-order valence-electron chi connectivity index (χ4n) is 1.95. The molecule has 2 N–H and O–H groups in total. The van der Waals surface area contributed by atoms with Crippen molar-refractivity contribution in [3.05, 3.63) is 21.3 Å². The molecule has 4 heteroatoms. The van der Waals surface area contributed by atoms with E-state index in [0.29, 0.717) is 5.92 Å². The lowest BCUT2D eigenvalue weighted by molar-refractivity contribution is 0.211. The summed E-state index contributed by atoms with van der Waals surface area (Å²) in [5.74, 6) is 0.575. The molecule has 1 aromatic heterocycles. The van der Waals surface area contributed by atoms with Crippen LogP contribution in [0, 0.1) is 0 Å². The lowest BCUT2D eigenvalue weighted by atomic mass is 9.91. The maximum atomic E-state index is 9.08. The first-order valence-corrected chi connectivity index (χ1v) is 6.08. The summed E-state index contributed by atoms with van der Waals surface area (Å²) in [6, 6.07) is 4.32. The predicted molar refractivity (Wildman–Crippen MR) is 60.2 cm³/mol. The number of aliphatic hydroxyl groups excluding tert-OH is 1. The molecule has 0 amide bonds. The molecule has 0 aliphatic carbocycles. The van der Waals surface area contributed by atoms with E-state index in [4.69, 9.17) is 16.7 Å². The minimum atomic E-state index is 0.232. The van der Waals surface area contributed by atoms with Crippen LogP contribution in [0.3, 0.4) is 0 Å². The van der Waals surface area contributed by atoms with Crippen LogP contribution in [0.15, 0.2) is 12.1 Å². The van der Waals surface area contributed by atoms with E-state index in [-0.39, 0.29) is 12.6 Å². The minimum Gasteiger partial charge on any atom is -0.395 e. The second-order valence-corrected chi connectivity index (χ2v) is 5.44. The molecule has 2 nitrogen and oxygen atoms in total. The first kappa shape index (κ1) is 10.4. The molecule has 1 aliphatic heterocycles. The van der Waals surface area contributed by atoms with Gasteiger partial charge in [0.1, 0.15) is 0 Å². The van der Waals surface area contributed by atoms with Gasteiger partial charge in [0.15, 0.2) is 0 Å². The van der Waals surface area contributed by atoms with Crippen molar-refractivity contribution in [3.63, 3.8) is 0 Å². The molecule has 2 atom stereocenters. The Bertz CT molecular complexity index is 302. The van der Waals surface area contributed by atoms with Crippen molar-refractivity contribution in [2.45, 2.75) is 24.8 Å². The van der Waals surface area contributed by atoms with Gasteiger partial charge in [0.2, 0.25) is 0 Å². The van der Waals surface area contributed by atoms with Crippen molar-refractivity contribution < 1.29 is 5.11 Å². The lowest BCUT2D eigenvalue weighted by Crippen LogP contribution is -2.39. The average molecular weight is 232 g/mol. The van der Waals surface area contributed by atoms with Crippen molar-refractivity contribution in [1.29, 1.82) is 0 Å². The van der Waals surface area contributed by atoms with Gasteiger partial charge in [0, 0.05) is 10.9 Å². The second kappa shape index (κ2) is 4.62. The highest BCUT2D eigenvalue weighted by Crippen LogP contribution is 2.34. The van der Waals surface area contributed by atoms with Crippen LogP contribution in [0.25, 0.3) is 0 Å². The van der Waals surface area contributed by atoms with Crippen LogP contribution in [0.2, 0.25) is 4.34 Å². The summed E-state index contributed by atoms with van der Waals surface area (Å²) in [6.07, 6.45) is 2.17. The van der Waals surface area contributed by atoms with Crippen LogP contribution < -0.4 is 5.32 Å². The van der Waals surface area contributed by atoms with Gasteiger partial charge in [-0.2, -0.15) is 0 Å². The Morgan fingerprint density at radius 3 is 3.07 bits per heavy atom. The zero-order chi connectivity index (χ0) is 9.97. The highest BCUT2D eigenvalue weighted by atomic mass is 35.5. The quantitative estimate of drug-likeness (QED) is 0.818. The van der Waals surface area contributed by atoms with Crippen LogP contribution in [0.5, 0.6) is 0 Å². The van der Waals surface area contributed by atoms with Crippen molar-refractivity contribution in [1.82, 2.24) is 5.32 Å². The van der Waals surface area contributed by atoms with Gasteiger partial charge in [-0.3, -0.25) is 0 Å². The molecule has 0 bridgehead atoms. The molecular weight excluding hydrogens is 218 g/mol. The molecule has 1 aliphatic rings. The number of piperidine rings is 1. The molecule has 0 radical (unpaired) electrons. The molecule has 0 spiro atoms. The van der Waals surface area contributed by atoms with E-state index in [1.807, 2.05) is 6.07 Å². The fourth-order valence-corrected chi connectivity index (χ4v) is 3.16. The highest BCUT2D eigenvalue weighted by molar-refractivity contribution is 7.16. The summed E-state index contributed by atoms with van der Waals surface area (Å²) < 4.78 is 0.860. The van der Waals surface area contributed by atoms with E-state index in [2.05, 4.69) is 11.4 Å². The van der Waals surface area contributed by atoms with E-state index in [0.717, 1.165) is 23.7 Å². The Morgan fingerprint density at radius 2 is 2.43 bits per heavy atom. The molecule has 14 heavy (non-hydrogen) atoms. The predicted octanol–water partition coefficient (Wildman–Crippen LogP) is 2.23. The third-order valence-corrected chi connectivity index (χ3v) is 4.11. The smallest absolute Gasteiger partial charge is 0.0931 e. The molecule has 1 saturated heterocycles. The van der Waals surface area contributed by atoms with Crippen LogP contribution >= 0.6 is 22.9 Å². The maximum absolute atomic E-state index is 9.08. The first-order chi connectivity index (χ1) is 6.79. The van der Waals surface area contributed by atoms with Crippen LogP contribution in [0.1, 0.15) is 23.6 Å². The van der Waals surface area contributed by atoms with E-state index in [1.54, 1.807) is 11.3 Å². The monoisotopic (exact) mass is 231 g/mol. The Morgan fingerprint density at radius 1 is 1.57 bits per heavy atom. The van der Waals surface area contributed by atoms with E-state index < -0.39 is 0 Å². The number of rotatable bonds is 2. The maximum Gasteiger partial charge on any atom is 0.0931 e. The Balaban J connectivity index is 2.04. The van der Waals surface area contributed by atoms with Gasteiger partial charge in [0.05, 0.1) is 10.9 Å². The van der Waals surface area contributed by atoms with Crippen LogP contribution in [-0.4, -0.2) is 24.3 Å². The third kappa shape index (κ3) is 2.28. The van der Waals surface area contributed by atoms with Crippen molar-refractivity contribution in [2.75, 3.05) is 13.2 Å². The lowest BCUT2D eigenvalue weighted by Gasteiger charge is -2.28. The van der Waals surface area contributed by atoms with Gasteiger partial charge in [-0.1, -0.05) is 11.6 Å². The SMILES string of the molecule is OCC1CC(c2ccc(Cl)s2)CCN1. The van der Waals surface area contributed by atoms with Crippen molar-refractivity contribution >= 4 is 22.9 Å². The minimum absolute atomic E-state index is 0.232. The molecule has 0 saturated carbocycles. The summed E-state index contributed by atoms with van der Waals surface area (Å²) in [5, 5.41) is 12.4. The summed E-state index contributed by atoms with van der Waals surface area (Å²) in [4.78, 5) is 1.36. The van der Waals surface area contributed by atoms with Gasteiger partial charge in [-0.25, -0.2) is 0 Å². The molecule has 0 aromatic carbocycles. The van der Waals surface area contributed by atoms with Gasteiger partial charge in [-0.05, 0) is 37.4 Å². The van der Waals surface area contributed by atoms with Crippen molar-refractivity contribution in [2.24, 2.45) is 0 Å². The Labute approximate surface area is 92.9 Å². The van der Waals surface area contributed by atoms with Crippen LogP contribution in [-0.2, 0) is 0 Å². The third-order valence-electron chi connectivity index (χ3n) is 2.71. The Hall–Kier alpha value is -0.0900. The Kier molecular flexibility index (Phi) is 3.44. The summed E-state index contributed by atoms with van der Waals surface area (Å²) in [5.41, 5.74) is 0. The van der Waals surface area contributed by atoms with E-state index in [9.17, 15) is 0 Å². The molecule has 78 valence electrons. The van der Waals surface area contributed by atoms with E-state index >= 15 is 0 Å². The normalized spacial score (nSPS) is 27.9. The number of aliphatic hydroxyl groups is 1. The average Bonchev–Trinajstić information content (AvgIpc) is 2.65. The molecular formula is C10H14ClNOS. The number of thiophene rings is 1. The number of hydrogen-bond acceptors (Lipinski definition) is 3. The molecule has 2 unspecified atom stereocenters. The van der Waals surface area contributed by atoms with E-state index in [1.165, 1.54) is 4.88 Å². The molecule has 1 fully saturated rings. The number of hydrogen-bond donors (Lipinski definition) is 2. The molecule has 1 aromatic rings. The van der Waals surface area contributed by atoms with Gasteiger partial charge < -0.3 is 10.4 Å². The first-order valence-electron chi connectivity index (χ1n) is 4.89. The number of halogens is 1. The zero-order valence-electron chi connectivity index (χ0n) is 7.87. The largest absolute Gasteiger partial charge is 0.395 e. The zero-order valence-corrected chi connectivity index (χ0v) is 9.44. The van der Waals surface area contributed by atoms with Crippen LogP contribution in [0.4, 0.5) is 0 Å². The fraction of sp³-hybridized carbons (Fsp3) is 0.600. The topological polar surface area (TPSA) is 32.3 Å². The summed E-state index contributed by atoms with van der Waals surface area (Å²) in [7, 11) is 0. The second-order valence-electron chi connectivity index (χ2n) is 3.70. The highest BCUT2D eigenvalue weighted by Gasteiger charge is 2.23. The van der Waals surface area contributed by atoms with Crippen molar-refractivity contribution in [3.8, 4) is 0 Å². The summed E-state index contributed by atoms with van der Waals surface area (Å²) in [6.45, 7) is 1.22. The van der Waals surface area contributed by atoms with Gasteiger partial charge in [0.25, 0.3) is 0 Å². The summed E-state index contributed by atoms with van der Waals surface area (Å²) >= 11 is 7.57.